The fraction of sp³-hybridized carbons (Fsp3) is 0.600. The van der Waals surface area contributed by atoms with Crippen LogP contribution in [0.2, 0.25) is 0 Å². The van der Waals surface area contributed by atoms with Crippen molar-refractivity contribution in [2.24, 2.45) is 0 Å². The van der Waals surface area contributed by atoms with Gasteiger partial charge in [0, 0.05) is 19.6 Å². The molecule has 0 aromatic heterocycles. The molecule has 0 amide bonds. The van der Waals surface area contributed by atoms with Gasteiger partial charge in [-0.05, 0) is 38.6 Å². The summed E-state index contributed by atoms with van der Waals surface area (Å²) >= 11 is 0. The third-order valence-electron chi connectivity index (χ3n) is 4.30. The maximum Gasteiger partial charge on any atom is 0.246 e. The maximum absolute atomic E-state index is 13.0. The molecule has 1 atom stereocenters. The molecule has 2 aliphatic rings. The standard InChI is InChI=1S/C15H22N2O4S/c1-16-8-4-5-12(11-16)17(2)22(18,19)14-7-3-6-13-15(14)21-10-9-20-13/h3,6-7,12H,4-5,8-11H2,1-2H3/t12-/m0/s1. The number of para-hydroxylation sites is 1. The van der Waals surface area contributed by atoms with Crippen LogP contribution in [0.1, 0.15) is 12.8 Å². The van der Waals surface area contributed by atoms with Crippen molar-refractivity contribution in [3.05, 3.63) is 18.2 Å². The topological polar surface area (TPSA) is 59.1 Å². The molecule has 0 unspecified atom stereocenters. The minimum Gasteiger partial charge on any atom is -0.486 e. The van der Waals surface area contributed by atoms with Gasteiger partial charge in [0.2, 0.25) is 10.0 Å². The summed E-state index contributed by atoms with van der Waals surface area (Å²) in [5, 5.41) is 0. The molecule has 0 radical (unpaired) electrons. The largest absolute Gasteiger partial charge is 0.486 e. The number of benzene rings is 1. The van der Waals surface area contributed by atoms with Gasteiger partial charge >= 0.3 is 0 Å². The van der Waals surface area contributed by atoms with Crippen LogP contribution in [0.3, 0.4) is 0 Å². The van der Waals surface area contributed by atoms with E-state index >= 15 is 0 Å². The van der Waals surface area contributed by atoms with Crippen molar-refractivity contribution in [2.75, 3.05) is 40.4 Å². The van der Waals surface area contributed by atoms with E-state index in [-0.39, 0.29) is 10.9 Å². The van der Waals surface area contributed by atoms with Crippen LogP contribution in [0.4, 0.5) is 0 Å². The van der Waals surface area contributed by atoms with Gasteiger partial charge < -0.3 is 14.4 Å². The van der Waals surface area contributed by atoms with E-state index in [1.807, 2.05) is 7.05 Å². The number of hydrogen-bond donors (Lipinski definition) is 0. The second-order valence-electron chi connectivity index (χ2n) is 5.86. The smallest absolute Gasteiger partial charge is 0.246 e. The molecule has 22 heavy (non-hydrogen) atoms. The minimum atomic E-state index is -3.60. The zero-order chi connectivity index (χ0) is 15.7. The monoisotopic (exact) mass is 326 g/mol. The molecule has 2 heterocycles. The Morgan fingerprint density at radius 2 is 2.05 bits per heavy atom. The summed E-state index contributed by atoms with van der Waals surface area (Å²) in [5.74, 6) is 0.839. The Morgan fingerprint density at radius 3 is 2.82 bits per heavy atom. The molecular weight excluding hydrogens is 304 g/mol. The van der Waals surface area contributed by atoms with Crippen molar-refractivity contribution in [3.63, 3.8) is 0 Å². The highest BCUT2D eigenvalue weighted by Crippen LogP contribution is 2.38. The molecule has 6 nitrogen and oxygen atoms in total. The zero-order valence-corrected chi connectivity index (χ0v) is 13.8. The van der Waals surface area contributed by atoms with Crippen molar-refractivity contribution in [1.82, 2.24) is 9.21 Å². The Kier molecular flexibility index (Phi) is 4.29. The normalized spacial score (nSPS) is 22.8. The second-order valence-corrected chi connectivity index (χ2v) is 7.83. The molecule has 0 saturated carbocycles. The van der Waals surface area contributed by atoms with Crippen molar-refractivity contribution in [3.8, 4) is 11.5 Å². The quantitative estimate of drug-likeness (QED) is 0.834. The summed E-state index contributed by atoms with van der Waals surface area (Å²) in [6.07, 6.45) is 1.89. The Labute approximate surface area is 131 Å². The molecule has 122 valence electrons. The molecule has 1 saturated heterocycles. The third kappa shape index (κ3) is 2.80. The Balaban J connectivity index is 1.92. The molecule has 0 aliphatic carbocycles. The summed E-state index contributed by atoms with van der Waals surface area (Å²) in [6, 6.07) is 5.01. The SMILES string of the molecule is CN1CCC[C@H](N(C)S(=O)(=O)c2cccc3c2OCCO3)C1. The highest BCUT2D eigenvalue weighted by atomic mass is 32.2. The van der Waals surface area contributed by atoms with Crippen LogP contribution in [0.25, 0.3) is 0 Å². The van der Waals surface area contributed by atoms with E-state index in [4.69, 9.17) is 9.47 Å². The number of likely N-dealkylation sites (N-methyl/N-ethyl adjacent to an activating group) is 2. The summed E-state index contributed by atoms with van der Waals surface area (Å²) in [7, 11) is 0.0749. The predicted octanol–water partition coefficient (Wildman–Crippen LogP) is 1.17. The van der Waals surface area contributed by atoms with Crippen molar-refractivity contribution < 1.29 is 17.9 Å². The molecule has 0 bridgehead atoms. The lowest BCUT2D eigenvalue weighted by Gasteiger charge is -2.35. The number of sulfonamides is 1. The highest BCUT2D eigenvalue weighted by Gasteiger charge is 2.34. The highest BCUT2D eigenvalue weighted by molar-refractivity contribution is 7.89. The van der Waals surface area contributed by atoms with Gasteiger partial charge in [-0.1, -0.05) is 6.07 Å². The van der Waals surface area contributed by atoms with E-state index in [0.717, 1.165) is 25.9 Å². The van der Waals surface area contributed by atoms with Crippen LogP contribution in [-0.4, -0.2) is 64.1 Å². The van der Waals surface area contributed by atoms with Crippen LogP contribution in [0, 0.1) is 0 Å². The van der Waals surface area contributed by atoms with E-state index in [1.165, 1.54) is 4.31 Å². The summed E-state index contributed by atoms with van der Waals surface area (Å²) in [5.41, 5.74) is 0. The van der Waals surface area contributed by atoms with Gasteiger partial charge in [0.15, 0.2) is 11.5 Å². The average molecular weight is 326 g/mol. The lowest BCUT2D eigenvalue weighted by atomic mass is 10.1. The van der Waals surface area contributed by atoms with E-state index in [0.29, 0.717) is 24.7 Å². The van der Waals surface area contributed by atoms with Gasteiger partial charge in [-0.15, -0.1) is 0 Å². The minimum absolute atomic E-state index is 0.0101. The van der Waals surface area contributed by atoms with Gasteiger partial charge in [-0.25, -0.2) is 8.42 Å². The lowest BCUT2D eigenvalue weighted by Crippen LogP contribution is -2.47. The number of piperidine rings is 1. The van der Waals surface area contributed by atoms with Gasteiger partial charge in [-0.2, -0.15) is 4.31 Å². The van der Waals surface area contributed by atoms with Crippen LogP contribution in [0.5, 0.6) is 11.5 Å². The van der Waals surface area contributed by atoms with Crippen molar-refractivity contribution >= 4 is 10.0 Å². The summed E-state index contributed by atoms with van der Waals surface area (Å²) in [6.45, 7) is 2.58. The van der Waals surface area contributed by atoms with Crippen LogP contribution >= 0.6 is 0 Å². The molecule has 0 spiro atoms. The van der Waals surface area contributed by atoms with Gasteiger partial charge in [-0.3, -0.25) is 0 Å². The first-order valence-electron chi connectivity index (χ1n) is 7.55. The van der Waals surface area contributed by atoms with E-state index in [1.54, 1.807) is 25.2 Å². The number of nitrogens with zero attached hydrogens (tertiary/aromatic N) is 2. The molecule has 0 N–H and O–H groups in total. The fourth-order valence-electron chi connectivity index (χ4n) is 3.04. The molecule has 7 heteroatoms. The number of rotatable bonds is 3. The first-order valence-corrected chi connectivity index (χ1v) is 8.99. The third-order valence-corrected chi connectivity index (χ3v) is 6.23. The first kappa shape index (κ1) is 15.6. The number of ether oxygens (including phenoxy) is 2. The Bertz CT molecular complexity index is 647. The fourth-order valence-corrected chi connectivity index (χ4v) is 4.56. The number of likely N-dealkylation sites (tertiary alicyclic amines) is 1. The lowest BCUT2D eigenvalue weighted by molar-refractivity contribution is 0.165. The number of fused-ring (bicyclic) bond motifs is 1. The molecule has 1 fully saturated rings. The van der Waals surface area contributed by atoms with E-state index < -0.39 is 10.0 Å². The second kappa shape index (κ2) is 6.06. The Morgan fingerprint density at radius 1 is 1.27 bits per heavy atom. The number of hydrogen-bond acceptors (Lipinski definition) is 5. The molecule has 3 rings (SSSR count). The van der Waals surface area contributed by atoms with Crippen molar-refractivity contribution in [2.45, 2.75) is 23.8 Å². The maximum atomic E-state index is 13.0. The van der Waals surface area contributed by atoms with Gasteiger partial charge in [0.25, 0.3) is 0 Å². The first-order chi connectivity index (χ1) is 10.5. The molecular formula is C15H22N2O4S. The predicted molar refractivity (Wildman–Crippen MR) is 82.9 cm³/mol. The van der Waals surface area contributed by atoms with Crippen molar-refractivity contribution in [1.29, 1.82) is 0 Å². The zero-order valence-electron chi connectivity index (χ0n) is 13.0. The van der Waals surface area contributed by atoms with Crippen LogP contribution in [-0.2, 0) is 10.0 Å². The Hall–Kier alpha value is -1.31. The summed E-state index contributed by atoms with van der Waals surface area (Å²) in [4.78, 5) is 2.36. The molecule has 1 aromatic carbocycles. The average Bonchev–Trinajstić information content (AvgIpc) is 2.53. The van der Waals surface area contributed by atoms with Gasteiger partial charge in [0.1, 0.15) is 18.1 Å². The van der Waals surface area contributed by atoms with Gasteiger partial charge in [0.05, 0.1) is 0 Å². The van der Waals surface area contributed by atoms with E-state index in [2.05, 4.69) is 4.90 Å². The molecule has 2 aliphatic heterocycles. The van der Waals surface area contributed by atoms with Crippen LogP contribution < -0.4 is 9.47 Å². The summed E-state index contributed by atoms with van der Waals surface area (Å²) < 4.78 is 38.5. The molecule has 1 aromatic rings. The van der Waals surface area contributed by atoms with E-state index in [9.17, 15) is 8.42 Å². The van der Waals surface area contributed by atoms with Crippen LogP contribution in [0.15, 0.2) is 23.1 Å².